The molecule has 0 bridgehead atoms. The summed E-state index contributed by atoms with van der Waals surface area (Å²) in [7, 11) is 0. The smallest absolute Gasteiger partial charge is 0.303 e. The summed E-state index contributed by atoms with van der Waals surface area (Å²) in [5, 5.41) is 8.91. The van der Waals surface area contributed by atoms with E-state index in [1.165, 1.54) is 0 Å². The van der Waals surface area contributed by atoms with Gasteiger partial charge in [-0.1, -0.05) is 20.8 Å². The molecule has 1 N–H and O–H groups in total. The van der Waals surface area contributed by atoms with Crippen molar-refractivity contribution in [3.05, 3.63) is 0 Å². The van der Waals surface area contributed by atoms with Crippen LogP contribution in [0.1, 0.15) is 33.6 Å². The van der Waals surface area contributed by atoms with E-state index < -0.39 is 5.97 Å². The third-order valence-electron chi connectivity index (χ3n) is 1.48. The van der Waals surface area contributed by atoms with Crippen LogP contribution >= 0.6 is 11.8 Å². The highest BCUT2D eigenvalue weighted by Gasteiger charge is 2.06. The van der Waals surface area contributed by atoms with Gasteiger partial charge in [-0.25, -0.2) is 0 Å². The monoisotopic (exact) mass is 190 g/mol. The molecule has 12 heavy (non-hydrogen) atoms. The standard InChI is InChI=1S/C9H18O2S/c1-7(2)6-12-8(3)4-5-9(10)11/h7-8H,4-6H2,1-3H3,(H,10,11). The predicted molar refractivity (Wildman–Crippen MR) is 53.6 cm³/mol. The van der Waals surface area contributed by atoms with E-state index in [0.717, 1.165) is 12.2 Å². The normalized spacial score (nSPS) is 13.3. The Labute approximate surface area is 78.7 Å². The number of aliphatic carboxylic acids is 1. The molecule has 72 valence electrons. The minimum Gasteiger partial charge on any atom is -0.481 e. The van der Waals surface area contributed by atoms with Crippen LogP contribution in [0, 0.1) is 5.92 Å². The average Bonchev–Trinajstić information content (AvgIpc) is 1.96. The van der Waals surface area contributed by atoms with E-state index in [1.807, 2.05) is 11.8 Å². The van der Waals surface area contributed by atoms with Crippen molar-refractivity contribution in [2.75, 3.05) is 5.75 Å². The quantitative estimate of drug-likeness (QED) is 0.699. The predicted octanol–water partition coefficient (Wildman–Crippen LogP) is 2.63. The van der Waals surface area contributed by atoms with Crippen LogP contribution in [-0.4, -0.2) is 22.1 Å². The SMILES string of the molecule is CC(C)CSC(C)CCC(=O)O. The number of hydrogen-bond donors (Lipinski definition) is 1. The average molecular weight is 190 g/mol. The van der Waals surface area contributed by atoms with E-state index in [4.69, 9.17) is 5.11 Å². The summed E-state index contributed by atoms with van der Waals surface area (Å²) in [5.41, 5.74) is 0. The van der Waals surface area contributed by atoms with E-state index in [1.54, 1.807) is 0 Å². The van der Waals surface area contributed by atoms with Crippen molar-refractivity contribution in [2.45, 2.75) is 38.9 Å². The summed E-state index contributed by atoms with van der Waals surface area (Å²) in [6.07, 6.45) is 1.08. The number of carboxylic acid groups (broad SMARTS) is 1. The summed E-state index contributed by atoms with van der Waals surface area (Å²) < 4.78 is 0. The van der Waals surface area contributed by atoms with Gasteiger partial charge in [0.1, 0.15) is 0 Å². The number of rotatable bonds is 6. The fourth-order valence-electron chi connectivity index (χ4n) is 0.767. The Morgan fingerprint density at radius 1 is 1.42 bits per heavy atom. The molecule has 0 saturated carbocycles. The van der Waals surface area contributed by atoms with Crippen molar-refractivity contribution in [3.8, 4) is 0 Å². The first kappa shape index (κ1) is 11.8. The highest BCUT2D eigenvalue weighted by atomic mass is 32.2. The van der Waals surface area contributed by atoms with Gasteiger partial charge < -0.3 is 5.11 Å². The Bertz CT molecular complexity index is 134. The maximum absolute atomic E-state index is 10.2. The molecule has 0 aliphatic rings. The maximum Gasteiger partial charge on any atom is 0.303 e. The van der Waals surface area contributed by atoms with Crippen LogP contribution in [0.2, 0.25) is 0 Å². The van der Waals surface area contributed by atoms with Gasteiger partial charge in [-0.15, -0.1) is 0 Å². The van der Waals surface area contributed by atoms with Crippen molar-refractivity contribution in [1.82, 2.24) is 0 Å². The van der Waals surface area contributed by atoms with E-state index in [2.05, 4.69) is 20.8 Å². The number of hydrogen-bond acceptors (Lipinski definition) is 2. The van der Waals surface area contributed by atoms with Gasteiger partial charge in [0.05, 0.1) is 0 Å². The fourth-order valence-corrected chi connectivity index (χ4v) is 1.76. The maximum atomic E-state index is 10.2. The molecule has 0 aromatic rings. The molecule has 0 rings (SSSR count). The van der Waals surface area contributed by atoms with Gasteiger partial charge in [-0.2, -0.15) is 11.8 Å². The minimum absolute atomic E-state index is 0.298. The number of thioether (sulfide) groups is 1. The molecule has 1 unspecified atom stereocenters. The van der Waals surface area contributed by atoms with Crippen molar-refractivity contribution in [3.63, 3.8) is 0 Å². The molecule has 0 aliphatic heterocycles. The van der Waals surface area contributed by atoms with Crippen LogP contribution in [0.15, 0.2) is 0 Å². The second kappa shape index (κ2) is 6.35. The molecular weight excluding hydrogens is 172 g/mol. The largest absolute Gasteiger partial charge is 0.481 e. The van der Waals surface area contributed by atoms with Gasteiger partial charge in [-0.05, 0) is 18.1 Å². The summed E-state index contributed by atoms with van der Waals surface area (Å²) in [5.74, 6) is 1.13. The van der Waals surface area contributed by atoms with Gasteiger partial charge >= 0.3 is 5.97 Å². The summed E-state index contributed by atoms with van der Waals surface area (Å²) >= 11 is 1.86. The highest BCUT2D eigenvalue weighted by Crippen LogP contribution is 2.18. The second-order valence-electron chi connectivity index (χ2n) is 3.47. The summed E-state index contributed by atoms with van der Waals surface area (Å²) in [6, 6.07) is 0. The minimum atomic E-state index is -0.688. The molecule has 0 aromatic carbocycles. The lowest BCUT2D eigenvalue weighted by Gasteiger charge is -2.10. The van der Waals surface area contributed by atoms with Crippen LogP contribution in [0.5, 0.6) is 0 Å². The van der Waals surface area contributed by atoms with Crippen molar-refractivity contribution in [2.24, 2.45) is 5.92 Å². The molecule has 0 radical (unpaired) electrons. The van der Waals surface area contributed by atoms with E-state index in [0.29, 0.717) is 17.6 Å². The number of carboxylic acids is 1. The first-order valence-electron chi connectivity index (χ1n) is 4.35. The lowest BCUT2D eigenvalue weighted by molar-refractivity contribution is -0.137. The Hall–Kier alpha value is -0.180. The first-order chi connectivity index (χ1) is 5.52. The van der Waals surface area contributed by atoms with Crippen molar-refractivity contribution >= 4 is 17.7 Å². The number of carbonyl (C=O) groups is 1. The van der Waals surface area contributed by atoms with Gasteiger partial charge in [0.2, 0.25) is 0 Å². The zero-order valence-corrected chi connectivity index (χ0v) is 8.86. The van der Waals surface area contributed by atoms with Crippen LogP contribution in [0.4, 0.5) is 0 Å². The van der Waals surface area contributed by atoms with E-state index in [-0.39, 0.29) is 0 Å². The fraction of sp³-hybridized carbons (Fsp3) is 0.889. The summed E-state index contributed by atoms with van der Waals surface area (Å²) in [4.78, 5) is 10.2. The molecule has 0 aliphatic carbocycles. The summed E-state index contributed by atoms with van der Waals surface area (Å²) in [6.45, 7) is 6.45. The Balaban J connectivity index is 3.33. The van der Waals surface area contributed by atoms with E-state index >= 15 is 0 Å². The van der Waals surface area contributed by atoms with Crippen LogP contribution in [-0.2, 0) is 4.79 Å². The van der Waals surface area contributed by atoms with Gasteiger partial charge in [0.15, 0.2) is 0 Å². The van der Waals surface area contributed by atoms with E-state index in [9.17, 15) is 4.79 Å². The zero-order chi connectivity index (χ0) is 9.56. The van der Waals surface area contributed by atoms with Crippen LogP contribution in [0.25, 0.3) is 0 Å². The molecule has 0 fully saturated rings. The third-order valence-corrected chi connectivity index (χ3v) is 3.14. The van der Waals surface area contributed by atoms with Gasteiger partial charge in [0, 0.05) is 11.7 Å². The Morgan fingerprint density at radius 2 is 2.00 bits per heavy atom. The zero-order valence-electron chi connectivity index (χ0n) is 8.04. The molecule has 1 atom stereocenters. The highest BCUT2D eigenvalue weighted by molar-refractivity contribution is 7.99. The molecule has 0 saturated heterocycles. The van der Waals surface area contributed by atoms with Crippen molar-refractivity contribution in [1.29, 1.82) is 0 Å². The molecule has 0 aromatic heterocycles. The second-order valence-corrected chi connectivity index (χ2v) is 4.94. The topological polar surface area (TPSA) is 37.3 Å². The molecule has 3 heteroatoms. The lowest BCUT2D eigenvalue weighted by atomic mass is 10.2. The van der Waals surface area contributed by atoms with Crippen LogP contribution < -0.4 is 0 Å². The lowest BCUT2D eigenvalue weighted by Crippen LogP contribution is -2.04. The molecular formula is C9H18O2S. The Morgan fingerprint density at radius 3 is 2.42 bits per heavy atom. The van der Waals surface area contributed by atoms with Crippen molar-refractivity contribution < 1.29 is 9.90 Å². The molecule has 0 spiro atoms. The molecule has 0 amide bonds. The molecule has 2 nitrogen and oxygen atoms in total. The first-order valence-corrected chi connectivity index (χ1v) is 5.40. The third kappa shape index (κ3) is 7.92. The Kier molecular flexibility index (Phi) is 6.25. The van der Waals surface area contributed by atoms with Crippen LogP contribution in [0.3, 0.4) is 0 Å². The van der Waals surface area contributed by atoms with Gasteiger partial charge in [-0.3, -0.25) is 4.79 Å². The van der Waals surface area contributed by atoms with Gasteiger partial charge in [0.25, 0.3) is 0 Å². The molecule has 0 heterocycles.